The van der Waals surface area contributed by atoms with Crippen LogP contribution in [0.3, 0.4) is 0 Å². The molecule has 5 rings (SSSR count). The van der Waals surface area contributed by atoms with Crippen molar-refractivity contribution in [3.05, 3.63) is 11.6 Å². The second kappa shape index (κ2) is 6.87. The Morgan fingerprint density at radius 2 is 1.53 bits per heavy atom. The van der Waals surface area contributed by atoms with Crippen LogP contribution in [0.1, 0.15) is 113 Å². The summed E-state index contributed by atoms with van der Waals surface area (Å²) in [7, 11) is 0. The molecule has 0 radical (unpaired) electrons. The Labute approximate surface area is 197 Å². The molecule has 0 unspecified atom stereocenters. The molecule has 2 N–H and O–H groups in total. The van der Waals surface area contributed by atoms with E-state index in [0.717, 1.165) is 25.2 Å². The molecule has 0 spiro atoms. The fraction of sp³-hybridized carbons (Fsp3) is 0.933. The van der Waals surface area contributed by atoms with Crippen molar-refractivity contribution < 1.29 is 10.2 Å². The largest absolute Gasteiger partial charge is 0.396 e. The Balaban J connectivity index is 1.57. The summed E-state index contributed by atoms with van der Waals surface area (Å²) in [4.78, 5) is 0. The smallest absolute Gasteiger partial charge is 0.0618 e. The Kier molecular flexibility index (Phi) is 5.02. The number of aliphatic hydroxyl groups is 2. The molecule has 0 aromatic rings. The monoisotopic (exact) mass is 442 g/mol. The molecule has 0 bridgehead atoms. The first-order chi connectivity index (χ1) is 14.8. The van der Waals surface area contributed by atoms with Crippen LogP contribution in [-0.2, 0) is 0 Å². The van der Waals surface area contributed by atoms with Crippen molar-refractivity contribution in [2.24, 2.45) is 50.2 Å². The number of hydrogen-bond acceptors (Lipinski definition) is 2. The SMILES string of the molecule is CC1(C)CC[C@]2(C)CC[C@]3(C)C(=CC[C@@H]4[C@@]5(C)CC[C@H](O)[C@](C)(CO)[C@@H]5CC[C@]43C)[C@H]2C1. The van der Waals surface area contributed by atoms with E-state index < -0.39 is 0 Å². The third-order valence-corrected chi connectivity index (χ3v) is 13.2. The highest BCUT2D eigenvalue weighted by molar-refractivity contribution is 5.33. The summed E-state index contributed by atoms with van der Waals surface area (Å²) in [5, 5.41) is 21.3. The lowest BCUT2D eigenvalue weighted by Gasteiger charge is -2.71. The van der Waals surface area contributed by atoms with Crippen LogP contribution in [0.15, 0.2) is 11.6 Å². The second-order valence-corrected chi connectivity index (χ2v) is 15.1. The van der Waals surface area contributed by atoms with Crippen molar-refractivity contribution in [1.82, 2.24) is 0 Å². The number of rotatable bonds is 1. The van der Waals surface area contributed by atoms with E-state index in [1.165, 1.54) is 44.9 Å². The minimum atomic E-state index is -0.361. The van der Waals surface area contributed by atoms with Gasteiger partial charge in [-0.1, -0.05) is 60.1 Å². The molecular weight excluding hydrogens is 392 g/mol. The number of allylic oxidation sites excluding steroid dienone is 2. The minimum Gasteiger partial charge on any atom is -0.396 e. The fourth-order valence-electron chi connectivity index (χ4n) is 10.5. The van der Waals surface area contributed by atoms with Crippen molar-refractivity contribution in [2.45, 2.75) is 119 Å². The summed E-state index contributed by atoms with van der Waals surface area (Å²) >= 11 is 0. The van der Waals surface area contributed by atoms with Crippen LogP contribution in [0.25, 0.3) is 0 Å². The quantitative estimate of drug-likeness (QED) is 0.424. The van der Waals surface area contributed by atoms with Crippen LogP contribution >= 0.6 is 0 Å². The average molecular weight is 443 g/mol. The van der Waals surface area contributed by atoms with E-state index in [1.54, 1.807) is 0 Å². The van der Waals surface area contributed by atoms with Crippen LogP contribution in [-0.4, -0.2) is 22.9 Å². The van der Waals surface area contributed by atoms with Crippen molar-refractivity contribution in [3.63, 3.8) is 0 Å². The Bertz CT molecular complexity index is 814. The molecule has 5 aliphatic rings. The Morgan fingerprint density at radius 3 is 2.22 bits per heavy atom. The van der Waals surface area contributed by atoms with Crippen LogP contribution in [0.4, 0.5) is 0 Å². The highest BCUT2D eigenvalue weighted by Crippen LogP contribution is 2.75. The van der Waals surface area contributed by atoms with Gasteiger partial charge >= 0.3 is 0 Å². The van der Waals surface area contributed by atoms with Gasteiger partial charge in [0, 0.05) is 5.41 Å². The molecule has 32 heavy (non-hydrogen) atoms. The van der Waals surface area contributed by atoms with Gasteiger partial charge in [0.1, 0.15) is 0 Å². The maximum Gasteiger partial charge on any atom is 0.0618 e. The molecule has 2 heteroatoms. The molecule has 4 saturated carbocycles. The predicted molar refractivity (Wildman–Crippen MR) is 132 cm³/mol. The van der Waals surface area contributed by atoms with Gasteiger partial charge in [0.15, 0.2) is 0 Å². The van der Waals surface area contributed by atoms with Crippen molar-refractivity contribution >= 4 is 0 Å². The van der Waals surface area contributed by atoms with Crippen LogP contribution < -0.4 is 0 Å². The summed E-state index contributed by atoms with van der Waals surface area (Å²) in [5.74, 6) is 1.83. The summed E-state index contributed by atoms with van der Waals surface area (Å²) in [6.07, 6.45) is 14.8. The molecule has 0 aromatic carbocycles. The zero-order chi connectivity index (χ0) is 23.4. The molecule has 0 heterocycles. The average Bonchev–Trinajstić information content (AvgIpc) is 2.73. The number of fused-ring (bicyclic) bond motifs is 7. The zero-order valence-corrected chi connectivity index (χ0v) is 22.1. The zero-order valence-electron chi connectivity index (χ0n) is 22.1. The van der Waals surface area contributed by atoms with E-state index in [2.05, 4.69) is 54.5 Å². The normalized spacial score (nSPS) is 56.8. The van der Waals surface area contributed by atoms with Crippen molar-refractivity contribution in [3.8, 4) is 0 Å². The molecule has 5 aliphatic carbocycles. The molecule has 0 aromatic heterocycles. The van der Waals surface area contributed by atoms with Gasteiger partial charge < -0.3 is 10.2 Å². The summed E-state index contributed by atoms with van der Waals surface area (Å²) in [5.41, 5.74) is 3.28. The van der Waals surface area contributed by atoms with E-state index in [-0.39, 0.29) is 23.5 Å². The number of aliphatic hydroxyl groups excluding tert-OH is 2. The summed E-state index contributed by atoms with van der Waals surface area (Å²) in [6.45, 7) is 17.7. The standard InChI is InChI=1S/C30H50O2/c1-25(2)14-15-26(3)16-17-29(6)20(21(26)18-25)8-9-23-27(4)12-11-24(32)28(5,19-31)22(27)10-13-30(23,29)7/h8,21-24,31-32H,9-19H2,1-7H3/t21-,22-,23-,24+,26-,27+,28-,29-,30-/m1/s1. The first-order valence-corrected chi connectivity index (χ1v) is 13.8. The molecule has 0 aliphatic heterocycles. The lowest BCUT2D eigenvalue weighted by Crippen LogP contribution is -2.65. The predicted octanol–water partition coefficient (Wildman–Crippen LogP) is 7.14. The van der Waals surface area contributed by atoms with Crippen molar-refractivity contribution in [2.75, 3.05) is 6.61 Å². The van der Waals surface area contributed by atoms with E-state index in [9.17, 15) is 10.2 Å². The molecule has 2 nitrogen and oxygen atoms in total. The third-order valence-electron chi connectivity index (χ3n) is 13.2. The fourth-order valence-corrected chi connectivity index (χ4v) is 10.5. The van der Waals surface area contributed by atoms with Crippen LogP contribution in [0.2, 0.25) is 0 Å². The van der Waals surface area contributed by atoms with Gasteiger partial charge in [0.05, 0.1) is 12.7 Å². The van der Waals surface area contributed by atoms with Gasteiger partial charge in [0.2, 0.25) is 0 Å². The van der Waals surface area contributed by atoms with Crippen LogP contribution in [0.5, 0.6) is 0 Å². The number of hydrogen-bond donors (Lipinski definition) is 2. The summed E-state index contributed by atoms with van der Waals surface area (Å²) in [6, 6.07) is 0. The first-order valence-electron chi connectivity index (χ1n) is 13.8. The molecule has 9 atom stereocenters. The molecule has 182 valence electrons. The Morgan fingerprint density at radius 1 is 0.844 bits per heavy atom. The molecular formula is C30H50O2. The highest BCUT2D eigenvalue weighted by atomic mass is 16.3. The topological polar surface area (TPSA) is 40.5 Å². The first kappa shape index (κ1) is 23.4. The van der Waals surface area contributed by atoms with Gasteiger partial charge in [0.25, 0.3) is 0 Å². The lowest BCUT2D eigenvalue weighted by atomic mass is 9.33. The van der Waals surface area contributed by atoms with Gasteiger partial charge in [-0.05, 0) is 109 Å². The second-order valence-electron chi connectivity index (χ2n) is 15.1. The van der Waals surface area contributed by atoms with Gasteiger partial charge in [-0.25, -0.2) is 0 Å². The van der Waals surface area contributed by atoms with Gasteiger partial charge in [-0.15, -0.1) is 0 Å². The van der Waals surface area contributed by atoms with E-state index in [4.69, 9.17) is 0 Å². The maximum atomic E-state index is 10.9. The minimum absolute atomic E-state index is 0.117. The molecule has 4 fully saturated rings. The van der Waals surface area contributed by atoms with Gasteiger partial charge in [-0.2, -0.15) is 0 Å². The third kappa shape index (κ3) is 2.78. The highest BCUT2D eigenvalue weighted by Gasteiger charge is 2.68. The lowest BCUT2D eigenvalue weighted by molar-refractivity contribution is -0.215. The van der Waals surface area contributed by atoms with E-state index in [1.807, 2.05) is 5.57 Å². The van der Waals surface area contributed by atoms with Crippen LogP contribution in [0, 0.1) is 50.2 Å². The van der Waals surface area contributed by atoms with Gasteiger partial charge in [-0.3, -0.25) is 0 Å². The summed E-state index contributed by atoms with van der Waals surface area (Å²) < 4.78 is 0. The van der Waals surface area contributed by atoms with E-state index in [0.29, 0.717) is 33.5 Å². The maximum absolute atomic E-state index is 10.9. The van der Waals surface area contributed by atoms with E-state index >= 15 is 0 Å². The van der Waals surface area contributed by atoms with Crippen molar-refractivity contribution in [1.29, 1.82) is 0 Å². The molecule has 0 saturated heterocycles. The molecule has 0 amide bonds. The Hall–Kier alpha value is -0.340.